The van der Waals surface area contributed by atoms with Crippen LogP contribution < -0.4 is 5.73 Å². The summed E-state index contributed by atoms with van der Waals surface area (Å²) in [7, 11) is 0. The largest absolute Gasteiger partial charge is 0.480 e. The van der Waals surface area contributed by atoms with Crippen LogP contribution in [0.2, 0.25) is 5.02 Å². The quantitative estimate of drug-likeness (QED) is 0.756. The van der Waals surface area contributed by atoms with Crippen molar-refractivity contribution in [1.29, 1.82) is 0 Å². The molecule has 106 valence electrons. The molecule has 20 heavy (non-hydrogen) atoms. The highest BCUT2D eigenvalue weighted by atomic mass is 35.5. The summed E-state index contributed by atoms with van der Waals surface area (Å²) in [6.45, 7) is -1.05. The molecule has 1 aromatic carbocycles. The van der Waals surface area contributed by atoms with Gasteiger partial charge in [-0.3, -0.25) is 14.4 Å². The molecule has 0 aliphatic rings. The van der Waals surface area contributed by atoms with E-state index in [-0.39, 0.29) is 0 Å². The molecule has 0 radical (unpaired) electrons. The third-order valence-electron chi connectivity index (χ3n) is 2.25. The van der Waals surface area contributed by atoms with E-state index in [1.54, 1.807) is 24.3 Å². The zero-order valence-corrected chi connectivity index (χ0v) is 11.2. The van der Waals surface area contributed by atoms with Crippen molar-refractivity contribution in [3.63, 3.8) is 0 Å². The number of hydrogen-bond donors (Lipinski definition) is 2. The second-order valence-electron chi connectivity index (χ2n) is 3.94. The van der Waals surface area contributed by atoms with E-state index in [1.807, 2.05) is 0 Å². The fourth-order valence-corrected chi connectivity index (χ4v) is 1.65. The predicted molar refractivity (Wildman–Crippen MR) is 73.9 cm³/mol. The topological polar surface area (TPSA) is 101 Å². The smallest absolute Gasteiger partial charge is 0.323 e. The molecule has 0 aromatic heterocycles. The Balaban J connectivity index is 2.79. The van der Waals surface area contributed by atoms with Gasteiger partial charge in [-0.2, -0.15) is 0 Å². The van der Waals surface area contributed by atoms with Crippen LogP contribution in [0.1, 0.15) is 5.56 Å². The van der Waals surface area contributed by atoms with Gasteiger partial charge in [0.05, 0.1) is 0 Å². The molecule has 0 saturated carbocycles. The van der Waals surface area contributed by atoms with Crippen molar-refractivity contribution in [3.8, 4) is 0 Å². The van der Waals surface area contributed by atoms with Crippen molar-refractivity contribution in [2.24, 2.45) is 5.73 Å². The standard InChI is InChI=1S/C13H13ClN2O4/c14-10-3-1-2-9(6-10)4-5-12(18)16(7-11(15)17)8-13(19)20/h1-6H,7-8H2,(H2,15,17)(H,19,20)/b5-4+. The maximum Gasteiger partial charge on any atom is 0.323 e. The Morgan fingerprint density at radius 1 is 1.30 bits per heavy atom. The minimum Gasteiger partial charge on any atom is -0.480 e. The van der Waals surface area contributed by atoms with Gasteiger partial charge in [0.2, 0.25) is 11.8 Å². The first kappa shape index (κ1) is 15.7. The number of nitrogens with two attached hydrogens (primary N) is 1. The van der Waals surface area contributed by atoms with E-state index in [0.29, 0.717) is 10.6 Å². The van der Waals surface area contributed by atoms with Crippen LogP contribution in [-0.2, 0) is 14.4 Å². The number of carboxylic acid groups (broad SMARTS) is 1. The molecule has 2 amide bonds. The number of carboxylic acids is 1. The van der Waals surface area contributed by atoms with Gasteiger partial charge in [-0.15, -0.1) is 0 Å². The molecule has 0 aliphatic carbocycles. The molecule has 0 unspecified atom stereocenters. The molecular weight excluding hydrogens is 284 g/mol. The van der Waals surface area contributed by atoms with E-state index in [4.69, 9.17) is 22.4 Å². The monoisotopic (exact) mass is 296 g/mol. The lowest BCUT2D eigenvalue weighted by Crippen LogP contribution is -2.40. The number of nitrogens with zero attached hydrogens (tertiary/aromatic N) is 1. The van der Waals surface area contributed by atoms with Crippen molar-refractivity contribution < 1.29 is 19.5 Å². The van der Waals surface area contributed by atoms with E-state index in [0.717, 1.165) is 11.0 Å². The van der Waals surface area contributed by atoms with Gasteiger partial charge in [-0.05, 0) is 23.8 Å². The first-order chi connectivity index (χ1) is 9.38. The lowest BCUT2D eigenvalue weighted by molar-refractivity contribution is -0.143. The molecule has 0 spiro atoms. The van der Waals surface area contributed by atoms with Crippen LogP contribution >= 0.6 is 11.6 Å². The zero-order chi connectivity index (χ0) is 15.1. The van der Waals surface area contributed by atoms with Gasteiger partial charge >= 0.3 is 5.97 Å². The normalized spacial score (nSPS) is 10.4. The Labute approximate surface area is 120 Å². The maximum absolute atomic E-state index is 11.8. The average Bonchev–Trinajstić information content (AvgIpc) is 2.34. The number of hydrogen-bond acceptors (Lipinski definition) is 3. The molecule has 0 fully saturated rings. The molecule has 7 heteroatoms. The fraction of sp³-hybridized carbons (Fsp3) is 0.154. The first-order valence-corrected chi connectivity index (χ1v) is 5.99. The van der Waals surface area contributed by atoms with E-state index in [2.05, 4.69) is 0 Å². The molecule has 1 rings (SSSR count). The summed E-state index contributed by atoms with van der Waals surface area (Å²) in [6, 6.07) is 6.77. The second kappa shape index (κ2) is 7.30. The zero-order valence-electron chi connectivity index (χ0n) is 10.5. The summed E-state index contributed by atoms with van der Waals surface area (Å²) in [4.78, 5) is 34.1. The van der Waals surface area contributed by atoms with Gasteiger partial charge in [0, 0.05) is 11.1 Å². The molecule has 0 heterocycles. The fourth-order valence-electron chi connectivity index (χ4n) is 1.45. The highest BCUT2D eigenvalue weighted by molar-refractivity contribution is 6.30. The SMILES string of the molecule is NC(=O)CN(CC(=O)O)C(=O)/C=C/c1cccc(Cl)c1. The highest BCUT2D eigenvalue weighted by Crippen LogP contribution is 2.11. The lowest BCUT2D eigenvalue weighted by atomic mass is 10.2. The summed E-state index contributed by atoms with van der Waals surface area (Å²) >= 11 is 5.79. The van der Waals surface area contributed by atoms with Crippen LogP contribution in [0.15, 0.2) is 30.3 Å². The van der Waals surface area contributed by atoms with Crippen molar-refractivity contribution in [3.05, 3.63) is 40.9 Å². The van der Waals surface area contributed by atoms with E-state index < -0.39 is 30.9 Å². The Bertz CT molecular complexity index is 541. The Hall–Kier alpha value is -2.34. The second-order valence-corrected chi connectivity index (χ2v) is 4.38. The number of halogens is 1. The molecule has 0 atom stereocenters. The maximum atomic E-state index is 11.8. The number of carbonyl (C=O) groups excluding carboxylic acids is 2. The first-order valence-electron chi connectivity index (χ1n) is 5.61. The van der Waals surface area contributed by atoms with Crippen molar-refractivity contribution in [2.45, 2.75) is 0 Å². The van der Waals surface area contributed by atoms with E-state index in [1.165, 1.54) is 6.08 Å². The molecule has 0 aliphatic heterocycles. The summed E-state index contributed by atoms with van der Waals surface area (Å²) in [5.74, 6) is -2.63. The van der Waals surface area contributed by atoms with Gasteiger partial charge < -0.3 is 15.7 Å². The van der Waals surface area contributed by atoms with Crippen molar-refractivity contribution >= 4 is 35.5 Å². The minimum absolute atomic E-state index is 0.453. The number of rotatable bonds is 6. The lowest BCUT2D eigenvalue weighted by Gasteiger charge is -2.16. The van der Waals surface area contributed by atoms with Gasteiger partial charge in [0.1, 0.15) is 13.1 Å². The van der Waals surface area contributed by atoms with Gasteiger partial charge in [0.25, 0.3) is 0 Å². The molecule has 0 bridgehead atoms. The number of primary amides is 1. The molecular formula is C13H13ClN2O4. The van der Waals surface area contributed by atoms with Crippen LogP contribution in [0.5, 0.6) is 0 Å². The predicted octanol–water partition coefficient (Wildman–Crippen LogP) is 0.752. The van der Waals surface area contributed by atoms with Gasteiger partial charge in [-0.1, -0.05) is 23.7 Å². The Kier molecular flexibility index (Phi) is 5.74. The van der Waals surface area contributed by atoms with E-state index in [9.17, 15) is 14.4 Å². The average molecular weight is 297 g/mol. The van der Waals surface area contributed by atoms with Crippen LogP contribution in [0, 0.1) is 0 Å². The Morgan fingerprint density at radius 2 is 2.00 bits per heavy atom. The summed E-state index contributed by atoms with van der Waals surface area (Å²) in [5.41, 5.74) is 5.65. The minimum atomic E-state index is -1.23. The molecule has 6 nitrogen and oxygen atoms in total. The summed E-state index contributed by atoms with van der Waals surface area (Å²) in [6.07, 6.45) is 2.64. The van der Waals surface area contributed by atoms with Crippen molar-refractivity contribution in [2.75, 3.05) is 13.1 Å². The number of amides is 2. The van der Waals surface area contributed by atoms with Crippen LogP contribution in [-0.4, -0.2) is 40.9 Å². The third-order valence-corrected chi connectivity index (χ3v) is 2.49. The van der Waals surface area contributed by atoms with Crippen LogP contribution in [0.3, 0.4) is 0 Å². The molecule has 1 aromatic rings. The highest BCUT2D eigenvalue weighted by Gasteiger charge is 2.16. The Morgan fingerprint density at radius 3 is 2.55 bits per heavy atom. The summed E-state index contributed by atoms with van der Waals surface area (Å²) < 4.78 is 0. The molecule has 3 N–H and O–H groups in total. The van der Waals surface area contributed by atoms with Crippen LogP contribution in [0.4, 0.5) is 0 Å². The summed E-state index contributed by atoms with van der Waals surface area (Å²) in [5, 5.41) is 9.19. The van der Waals surface area contributed by atoms with E-state index >= 15 is 0 Å². The van der Waals surface area contributed by atoms with Gasteiger partial charge in [0.15, 0.2) is 0 Å². The van der Waals surface area contributed by atoms with Gasteiger partial charge in [-0.25, -0.2) is 0 Å². The number of aliphatic carboxylic acids is 1. The molecule has 0 saturated heterocycles. The number of carbonyl (C=O) groups is 3. The van der Waals surface area contributed by atoms with Crippen LogP contribution in [0.25, 0.3) is 6.08 Å². The number of benzene rings is 1. The van der Waals surface area contributed by atoms with Crippen molar-refractivity contribution in [1.82, 2.24) is 4.90 Å². The third kappa shape index (κ3) is 5.53.